The Hall–Kier alpha value is -1.95. The van der Waals surface area contributed by atoms with Gasteiger partial charge in [0.1, 0.15) is 5.82 Å². The summed E-state index contributed by atoms with van der Waals surface area (Å²) in [5, 5.41) is 6.73. The molecule has 2 aromatic rings. The van der Waals surface area contributed by atoms with Crippen LogP contribution in [0, 0.1) is 10.6 Å². The van der Waals surface area contributed by atoms with Crippen molar-refractivity contribution in [1.82, 2.24) is 14.9 Å². The number of aromatic amines is 1. The van der Waals surface area contributed by atoms with E-state index in [4.69, 9.17) is 12.2 Å². The second-order valence-corrected chi connectivity index (χ2v) is 4.09. The van der Waals surface area contributed by atoms with Gasteiger partial charge in [-0.3, -0.25) is 10.5 Å². The lowest BCUT2D eigenvalue weighted by Crippen LogP contribution is -2.16. The fraction of sp³-hybridized carbons (Fsp3) is 0.167. The maximum absolute atomic E-state index is 13.6. The molecule has 0 spiro atoms. The van der Waals surface area contributed by atoms with Crippen LogP contribution in [-0.4, -0.2) is 14.9 Å². The van der Waals surface area contributed by atoms with Gasteiger partial charge in [-0.1, -0.05) is 25.6 Å². The highest BCUT2D eigenvalue weighted by Crippen LogP contribution is 2.15. The molecule has 0 atom stereocenters. The average Bonchev–Trinajstić information content (AvgIpc) is 2.71. The molecule has 1 aromatic heterocycles. The Labute approximate surface area is 109 Å². The fourth-order valence-electron chi connectivity index (χ4n) is 1.58. The Kier molecular flexibility index (Phi) is 3.57. The summed E-state index contributed by atoms with van der Waals surface area (Å²) in [5.74, 6) is 0.403. The van der Waals surface area contributed by atoms with Crippen LogP contribution in [0.1, 0.15) is 18.3 Å². The monoisotopic (exact) mass is 264 g/mol. The van der Waals surface area contributed by atoms with Gasteiger partial charge in [-0.25, -0.2) is 9.07 Å². The number of aromatic nitrogens is 3. The van der Waals surface area contributed by atoms with Crippen molar-refractivity contribution in [2.75, 3.05) is 5.43 Å². The molecule has 1 aromatic carbocycles. The molecule has 6 heteroatoms. The van der Waals surface area contributed by atoms with E-state index in [0.29, 0.717) is 22.5 Å². The van der Waals surface area contributed by atoms with E-state index in [0.717, 1.165) is 5.82 Å². The first-order chi connectivity index (χ1) is 8.63. The van der Waals surface area contributed by atoms with E-state index in [2.05, 4.69) is 22.2 Å². The summed E-state index contributed by atoms with van der Waals surface area (Å²) in [7, 11) is 0. The minimum Gasteiger partial charge on any atom is -0.290 e. The van der Waals surface area contributed by atoms with Gasteiger partial charge >= 0.3 is 0 Å². The van der Waals surface area contributed by atoms with E-state index in [1.54, 1.807) is 22.9 Å². The smallest absolute Gasteiger partial charge is 0.214 e. The molecule has 0 amide bonds. The number of aryl methyl sites for hydroxylation is 1. The topological polar surface area (TPSA) is 45.6 Å². The largest absolute Gasteiger partial charge is 0.290 e. The number of H-pyrrole nitrogens is 1. The number of halogens is 1. The van der Waals surface area contributed by atoms with Crippen molar-refractivity contribution in [2.24, 2.45) is 0 Å². The van der Waals surface area contributed by atoms with E-state index in [-0.39, 0.29) is 5.82 Å². The van der Waals surface area contributed by atoms with E-state index >= 15 is 0 Å². The predicted molar refractivity (Wildman–Crippen MR) is 71.6 cm³/mol. The summed E-state index contributed by atoms with van der Waals surface area (Å²) in [5.41, 5.74) is 3.79. The Bertz CT molecular complexity index is 629. The molecule has 0 aliphatic carbocycles. The third-order valence-electron chi connectivity index (χ3n) is 2.50. The van der Waals surface area contributed by atoms with Crippen molar-refractivity contribution in [3.8, 4) is 0 Å². The molecule has 0 saturated carbocycles. The first-order valence-electron chi connectivity index (χ1n) is 5.50. The van der Waals surface area contributed by atoms with E-state index in [1.165, 1.54) is 6.07 Å². The highest BCUT2D eigenvalue weighted by Gasteiger charge is 2.08. The van der Waals surface area contributed by atoms with Crippen molar-refractivity contribution in [2.45, 2.75) is 13.3 Å². The van der Waals surface area contributed by atoms with Crippen molar-refractivity contribution >= 4 is 17.9 Å². The van der Waals surface area contributed by atoms with Gasteiger partial charge < -0.3 is 0 Å². The number of hydrogen-bond acceptors (Lipinski definition) is 3. The summed E-state index contributed by atoms with van der Waals surface area (Å²) in [6.45, 7) is 5.77. The van der Waals surface area contributed by atoms with Crippen LogP contribution in [0.2, 0.25) is 0 Å². The molecule has 0 aliphatic heterocycles. The minimum atomic E-state index is -0.330. The lowest BCUT2D eigenvalue weighted by molar-refractivity contribution is 0.623. The summed E-state index contributed by atoms with van der Waals surface area (Å²) in [4.78, 5) is 0. The highest BCUT2D eigenvalue weighted by molar-refractivity contribution is 7.71. The number of hydrogen-bond donors (Lipinski definition) is 2. The molecule has 2 rings (SSSR count). The van der Waals surface area contributed by atoms with Gasteiger partial charge in [0.15, 0.2) is 5.82 Å². The molecule has 18 heavy (non-hydrogen) atoms. The molecule has 0 fully saturated rings. The fourth-order valence-corrected chi connectivity index (χ4v) is 1.78. The van der Waals surface area contributed by atoms with E-state index in [9.17, 15) is 4.39 Å². The first-order valence-corrected chi connectivity index (χ1v) is 5.91. The van der Waals surface area contributed by atoms with Crippen LogP contribution in [0.4, 0.5) is 4.39 Å². The Morgan fingerprint density at radius 1 is 1.56 bits per heavy atom. The zero-order chi connectivity index (χ0) is 13.1. The Morgan fingerprint density at radius 3 is 2.94 bits per heavy atom. The second-order valence-electron chi connectivity index (χ2n) is 3.70. The molecule has 2 N–H and O–H groups in total. The second kappa shape index (κ2) is 5.14. The highest BCUT2D eigenvalue weighted by atomic mass is 32.1. The third kappa shape index (κ3) is 2.33. The number of benzene rings is 1. The predicted octanol–water partition coefficient (Wildman–Crippen LogP) is 2.86. The quantitative estimate of drug-likeness (QED) is 0.835. The molecule has 1 heterocycles. The minimum absolute atomic E-state index is 0.330. The molecule has 0 bridgehead atoms. The van der Waals surface area contributed by atoms with Gasteiger partial charge in [-0.05, 0) is 24.4 Å². The van der Waals surface area contributed by atoms with Crippen LogP contribution in [0.25, 0.3) is 5.70 Å². The average molecular weight is 264 g/mol. The molecule has 0 unspecified atom stereocenters. The van der Waals surface area contributed by atoms with Crippen LogP contribution in [0.5, 0.6) is 0 Å². The van der Waals surface area contributed by atoms with Crippen molar-refractivity contribution in [3.63, 3.8) is 0 Å². The van der Waals surface area contributed by atoms with Crippen LogP contribution in [0.15, 0.2) is 30.8 Å². The number of rotatable bonds is 4. The summed E-state index contributed by atoms with van der Waals surface area (Å²) < 4.78 is 15.6. The Balaban J connectivity index is 2.30. The van der Waals surface area contributed by atoms with E-state index < -0.39 is 0 Å². The van der Waals surface area contributed by atoms with Gasteiger partial charge in [-0.2, -0.15) is 5.10 Å². The number of nitrogens with one attached hydrogen (secondary N) is 2. The normalized spacial score (nSPS) is 10.3. The maximum atomic E-state index is 13.6. The van der Waals surface area contributed by atoms with Crippen LogP contribution in [-0.2, 0) is 6.42 Å². The molecular weight excluding hydrogens is 251 g/mol. The lowest BCUT2D eigenvalue weighted by Gasteiger charge is -2.12. The SMILES string of the molecule is C=C(Nn1c(CC)n[nH]c1=S)c1ccccc1F. The van der Waals surface area contributed by atoms with Crippen LogP contribution in [0.3, 0.4) is 0 Å². The molecule has 0 saturated heterocycles. The zero-order valence-corrected chi connectivity index (χ0v) is 10.7. The van der Waals surface area contributed by atoms with Gasteiger partial charge in [-0.15, -0.1) is 0 Å². The van der Waals surface area contributed by atoms with E-state index in [1.807, 2.05) is 6.92 Å². The summed E-state index contributed by atoms with van der Waals surface area (Å²) in [6, 6.07) is 6.42. The third-order valence-corrected chi connectivity index (χ3v) is 2.78. The van der Waals surface area contributed by atoms with Gasteiger partial charge in [0.25, 0.3) is 0 Å². The van der Waals surface area contributed by atoms with Crippen molar-refractivity contribution < 1.29 is 4.39 Å². The van der Waals surface area contributed by atoms with Gasteiger partial charge in [0.05, 0.1) is 5.70 Å². The molecule has 0 aliphatic rings. The van der Waals surface area contributed by atoms with Crippen LogP contribution < -0.4 is 5.43 Å². The number of nitrogens with zero attached hydrogens (tertiary/aromatic N) is 2. The van der Waals surface area contributed by atoms with Crippen molar-refractivity contribution in [3.05, 3.63) is 52.8 Å². The zero-order valence-electron chi connectivity index (χ0n) is 9.90. The van der Waals surface area contributed by atoms with Crippen molar-refractivity contribution in [1.29, 1.82) is 0 Å². The standard InChI is InChI=1S/C12H13FN4S/c1-3-11-14-15-12(18)17(11)16-8(2)9-6-4-5-7-10(9)13/h4-7,16H,2-3H2,1H3,(H,15,18). The van der Waals surface area contributed by atoms with Gasteiger partial charge in [0, 0.05) is 12.0 Å². The molecular formula is C12H13FN4S. The molecule has 4 nitrogen and oxygen atoms in total. The maximum Gasteiger partial charge on any atom is 0.214 e. The summed E-state index contributed by atoms with van der Waals surface area (Å²) >= 11 is 5.09. The molecule has 94 valence electrons. The summed E-state index contributed by atoms with van der Waals surface area (Å²) in [6.07, 6.45) is 0.699. The van der Waals surface area contributed by atoms with Gasteiger partial charge in [0.2, 0.25) is 4.77 Å². The van der Waals surface area contributed by atoms with Crippen LogP contribution >= 0.6 is 12.2 Å². The molecule has 0 radical (unpaired) electrons. The Morgan fingerprint density at radius 2 is 2.28 bits per heavy atom. The lowest BCUT2D eigenvalue weighted by atomic mass is 10.2. The first kappa shape index (κ1) is 12.5.